The summed E-state index contributed by atoms with van der Waals surface area (Å²) in [6.07, 6.45) is -0.0751. The second-order valence-corrected chi connectivity index (χ2v) is 7.25. The number of para-hydroxylation sites is 1. The van der Waals surface area contributed by atoms with E-state index >= 15 is 0 Å². The van der Waals surface area contributed by atoms with Gasteiger partial charge in [0, 0.05) is 41.9 Å². The molecule has 0 fully saturated rings. The third-order valence-corrected chi connectivity index (χ3v) is 5.15. The summed E-state index contributed by atoms with van der Waals surface area (Å²) >= 11 is 0. The van der Waals surface area contributed by atoms with Crippen LogP contribution in [0.5, 0.6) is 17.2 Å². The molecule has 0 saturated carbocycles. The van der Waals surface area contributed by atoms with Crippen LogP contribution in [0.2, 0.25) is 0 Å². The number of aliphatic hydroxyl groups excluding tert-OH is 1. The first-order valence-electron chi connectivity index (χ1n) is 10.0. The van der Waals surface area contributed by atoms with Crippen molar-refractivity contribution >= 4 is 21.8 Å². The minimum absolute atomic E-state index is 0.244. The van der Waals surface area contributed by atoms with Crippen LogP contribution in [0, 0.1) is 0 Å². The number of aromatic nitrogens is 1. The molecule has 0 saturated heterocycles. The minimum Gasteiger partial charge on any atom is -0.507 e. The Kier molecular flexibility index (Phi) is 6.07. The van der Waals surface area contributed by atoms with Gasteiger partial charge in [-0.1, -0.05) is 30.3 Å². The molecule has 156 valence electrons. The van der Waals surface area contributed by atoms with E-state index in [0.717, 1.165) is 38.9 Å². The molecule has 0 aliphatic carbocycles. The first-order valence-corrected chi connectivity index (χ1v) is 10.0. The Morgan fingerprint density at radius 3 is 2.73 bits per heavy atom. The molecule has 30 heavy (non-hydrogen) atoms. The first-order chi connectivity index (χ1) is 14.7. The number of benzene rings is 3. The van der Waals surface area contributed by atoms with Crippen LogP contribution in [0.1, 0.15) is 5.56 Å². The summed E-state index contributed by atoms with van der Waals surface area (Å²) in [5, 5.41) is 25.8. The number of aliphatic hydroxyl groups is 1. The lowest BCUT2D eigenvalue weighted by atomic mass is 10.0. The number of aromatic amines is 1. The molecule has 0 radical (unpaired) electrons. The lowest BCUT2D eigenvalue weighted by Crippen LogP contribution is -2.31. The molecule has 4 aromatic rings. The third kappa shape index (κ3) is 4.35. The fourth-order valence-electron chi connectivity index (χ4n) is 3.69. The van der Waals surface area contributed by atoms with Gasteiger partial charge in [-0.15, -0.1) is 0 Å². The number of hydrogen-bond acceptors (Lipinski definition) is 5. The highest BCUT2D eigenvalue weighted by atomic mass is 16.5. The van der Waals surface area contributed by atoms with Gasteiger partial charge in [0.1, 0.15) is 23.9 Å². The zero-order valence-corrected chi connectivity index (χ0v) is 16.9. The molecule has 1 heterocycles. The van der Waals surface area contributed by atoms with Crippen LogP contribution in [0.4, 0.5) is 0 Å². The van der Waals surface area contributed by atoms with E-state index in [-0.39, 0.29) is 5.75 Å². The summed E-state index contributed by atoms with van der Waals surface area (Å²) in [6.45, 7) is 1.56. The smallest absolute Gasteiger partial charge is 0.125 e. The lowest BCUT2D eigenvalue weighted by molar-refractivity contribution is 0.169. The number of hydrogen-bond donors (Lipinski definition) is 4. The van der Waals surface area contributed by atoms with E-state index in [4.69, 9.17) is 9.47 Å². The van der Waals surface area contributed by atoms with Crippen LogP contribution >= 0.6 is 0 Å². The summed E-state index contributed by atoms with van der Waals surface area (Å²) in [5.74, 6) is 1.75. The van der Waals surface area contributed by atoms with Crippen molar-refractivity contribution in [3.05, 3.63) is 66.2 Å². The normalized spacial score (nSPS) is 12.3. The number of methoxy groups -OCH3 is 1. The standard InChI is InChI=1S/C24H26N2O4/c1-29-18-5-4-6-19(14-18)30-12-11-25-15-17(27)13-16-9-10-22(28)23-20-7-2-3-8-21(20)26-24(16)23/h2-10,14,17,25-28H,11-13,15H2,1H3. The average Bonchev–Trinajstić information content (AvgIpc) is 3.16. The van der Waals surface area contributed by atoms with Gasteiger partial charge in [-0.2, -0.15) is 0 Å². The largest absolute Gasteiger partial charge is 0.507 e. The van der Waals surface area contributed by atoms with Crippen LogP contribution in [-0.2, 0) is 6.42 Å². The Morgan fingerprint density at radius 1 is 1.03 bits per heavy atom. The maximum Gasteiger partial charge on any atom is 0.125 e. The van der Waals surface area contributed by atoms with Crippen molar-refractivity contribution < 1.29 is 19.7 Å². The van der Waals surface area contributed by atoms with Crippen molar-refractivity contribution in [1.82, 2.24) is 10.3 Å². The Hall–Kier alpha value is -3.22. The van der Waals surface area contributed by atoms with Crippen LogP contribution in [0.25, 0.3) is 21.8 Å². The molecule has 6 heteroatoms. The van der Waals surface area contributed by atoms with E-state index in [1.54, 1.807) is 13.2 Å². The second-order valence-electron chi connectivity index (χ2n) is 7.25. The Labute approximate surface area is 175 Å². The van der Waals surface area contributed by atoms with Gasteiger partial charge in [0.2, 0.25) is 0 Å². The molecule has 3 aromatic carbocycles. The van der Waals surface area contributed by atoms with Crippen molar-refractivity contribution in [2.75, 3.05) is 26.8 Å². The maximum atomic E-state index is 10.5. The van der Waals surface area contributed by atoms with Gasteiger partial charge in [0.05, 0.1) is 18.7 Å². The van der Waals surface area contributed by atoms with Gasteiger partial charge in [-0.05, 0) is 29.8 Å². The summed E-state index contributed by atoms with van der Waals surface area (Å²) < 4.78 is 10.9. The molecule has 1 atom stereocenters. The molecule has 0 aliphatic rings. The predicted molar refractivity (Wildman–Crippen MR) is 119 cm³/mol. The predicted octanol–water partition coefficient (Wildman–Crippen LogP) is 3.61. The van der Waals surface area contributed by atoms with Crippen LogP contribution in [0.15, 0.2) is 60.7 Å². The molecule has 0 bridgehead atoms. The maximum absolute atomic E-state index is 10.5. The molecular weight excluding hydrogens is 380 g/mol. The summed E-state index contributed by atoms with van der Waals surface area (Å²) in [5.41, 5.74) is 2.81. The van der Waals surface area contributed by atoms with E-state index in [9.17, 15) is 10.2 Å². The molecule has 0 aliphatic heterocycles. The van der Waals surface area contributed by atoms with Gasteiger partial charge in [0.15, 0.2) is 0 Å². The zero-order valence-electron chi connectivity index (χ0n) is 16.9. The highest BCUT2D eigenvalue weighted by Crippen LogP contribution is 2.34. The molecule has 1 aromatic heterocycles. The number of phenolic OH excluding ortho intramolecular Hbond substituents is 1. The molecule has 0 amide bonds. The quantitative estimate of drug-likeness (QED) is 0.319. The number of nitrogens with one attached hydrogen (secondary N) is 2. The third-order valence-electron chi connectivity index (χ3n) is 5.15. The molecular formula is C24H26N2O4. The topological polar surface area (TPSA) is 86.7 Å². The van der Waals surface area contributed by atoms with Gasteiger partial charge >= 0.3 is 0 Å². The molecule has 4 N–H and O–H groups in total. The van der Waals surface area contributed by atoms with E-state index in [1.807, 2.05) is 54.6 Å². The molecule has 0 spiro atoms. The van der Waals surface area contributed by atoms with Crippen molar-refractivity contribution in [2.24, 2.45) is 0 Å². The van der Waals surface area contributed by atoms with Crippen LogP contribution in [0.3, 0.4) is 0 Å². The van der Waals surface area contributed by atoms with Gasteiger partial charge < -0.3 is 30.0 Å². The fraction of sp³-hybridized carbons (Fsp3) is 0.250. The highest BCUT2D eigenvalue weighted by molar-refractivity contribution is 6.11. The second kappa shape index (κ2) is 9.07. The Morgan fingerprint density at radius 2 is 1.87 bits per heavy atom. The Bertz CT molecular complexity index is 1140. The number of H-pyrrole nitrogens is 1. The summed E-state index contributed by atoms with van der Waals surface area (Å²) in [6, 6.07) is 18.9. The van der Waals surface area contributed by atoms with E-state index < -0.39 is 6.10 Å². The van der Waals surface area contributed by atoms with Gasteiger partial charge in [-0.25, -0.2) is 0 Å². The molecule has 1 unspecified atom stereocenters. The van der Waals surface area contributed by atoms with Crippen LogP contribution in [-0.4, -0.2) is 48.1 Å². The van der Waals surface area contributed by atoms with Gasteiger partial charge in [-0.3, -0.25) is 0 Å². The summed E-state index contributed by atoms with van der Waals surface area (Å²) in [7, 11) is 1.62. The number of ether oxygens (including phenoxy) is 2. The molecule has 4 rings (SSSR count). The van der Waals surface area contributed by atoms with E-state index in [2.05, 4.69) is 10.3 Å². The van der Waals surface area contributed by atoms with Crippen molar-refractivity contribution in [1.29, 1.82) is 0 Å². The SMILES string of the molecule is COc1cccc(OCCNCC(O)Cc2ccc(O)c3c2[nH]c2ccccc23)c1. The number of aromatic hydroxyl groups is 1. The fourth-order valence-corrected chi connectivity index (χ4v) is 3.69. The summed E-state index contributed by atoms with van der Waals surface area (Å²) in [4.78, 5) is 3.37. The molecule has 6 nitrogen and oxygen atoms in total. The first kappa shape index (κ1) is 20.1. The zero-order chi connectivity index (χ0) is 20.9. The number of rotatable bonds is 9. The Balaban J connectivity index is 1.32. The van der Waals surface area contributed by atoms with Gasteiger partial charge in [0.25, 0.3) is 0 Å². The van der Waals surface area contributed by atoms with E-state index in [0.29, 0.717) is 26.1 Å². The lowest BCUT2D eigenvalue weighted by Gasteiger charge is -2.13. The van der Waals surface area contributed by atoms with Crippen LogP contribution < -0.4 is 14.8 Å². The number of phenols is 1. The van der Waals surface area contributed by atoms with E-state index in [1.165, 1.54) is 0 Å². The van der Waals surface area contributed by atoms with Crippen molar-refractivity contribution in [2.45, 2.75) is 12.5 Å². The number of fused-ring (bicyclic) bond motifs is 3. The van der Waals surface area contributed by atoms with Crippen molar-refractivity contribution in [3.8, 4) is 17.2 Å². The monoisotopic (exact) mass is 406 g/mol. The minimum atomic E-state index is -0.555. The average molecular weight is 406 g/mol. The highest BCUT2D eigenvalue weighted by Gasteiger charge is 2.14. The van der Waals surface area contributed by atoms with Crippen molar-refractivity contribution in [3.63, 3.8) is 0 Å².